The van der Waals surface area contributed by atoms with Gasteiger partial charge in [-0.15, -0.1) is 4.98 Å². The zero-order chi connectivity index (χ0) is 26.2. The number of ether oxygens (including phenoxy) is 1. The van der Waals surface area contributed by atoms with Crippen LogP contribution in [0, 0.1) is 19.8 Å². The number of tetrazole rings is 1. The number of cyclic esters (lactones) is 1. The highest BCUT2D eigenvalue weighted by Gasteiger charge is 2.47. The molecule has 1 atom stereocenters. The fourth-order valence-corrected chi connectivity index (χ4v) is 6.18. The first-order valence-electron chi connectivity index (χ1n) is 13.8. The van der Waals surface area contributed by atoms with Gasteiger partial charge < -0.3 is 4.74 Å². The summed E-state index contributed by atoms with van der Waals surface area (Å²) in [5.41, 5.74) is 6.73. The van der Waals surface area contributed by atoms with E-state index in [-0.39, 0.29) is 12.5 Å². The molecule has 0 radical (unpaired) electrons. The van der Waals surface area contributed by atoms with E-state index in [1.807, 2.05) is 19.9 Å². The normalized spacial score (nSPS) is 20.7. The first-order chi connectivity index (χ1) is 17.8. The van der Waals surface area contributed by atoms with Crippen LogP contribution in [0.5, 0.6) is 0 Å². The zero-order valence-corrected chi connectivity index (χ0v) is 22.9. The van der Waals surface area contributed by atoms with Gasteiger partial charge in [-0.2, -0.15) is 0 Å². The van der Waals surface area contributed by atoms with Crippen molar-refractivity contribution < 1.29 is 14.0 Å². The van der Waals surface area contributed by atoms with Crippen molar-refractivity contribution in [1.82, 2.24) is 25.1 Å². The summed E-state index contributed by atoms with van der Waals surface area (Å²) >= 11 is 0. The number of esters is 1. The molecular formula is C29H39N6O2+. The Kier molecular flexibility index (Phi) is 7.10. The Hall–Kier alpha value is -3.16. The molecule has 1 fully saturated rings. The Morgan fingerprint density at radius 3 is 2.41 bits per heavy atom. The second-order valence-corrected chi connectivity index (χ2v) is 10.9. The van der Waals surface area contributed by atoms with Crippen molar-refractivity contribution in [3.05, 3.63) is 57.7 Å². The third kappa shape index (κ3) is 5.15. The lowest BCUT2D eigenvalue weighted by Gasteiger charge is -2.42. The van der Waals surface area contributed by atoms with Crippen molar-refractivity contribution in [2.75, 3.05) is 0 Å². The van der Waals surface area contributed by atoms with Crippen LogP contribution in [0.25, 0.3) is 5.78 Å². The lowest BCUT2D eigenvalue weighted by atomic mass is 9.75. The molecule has 5 rings (SSSR count). The van der Waals surface area contributed by atoms with E-state index in [2.05, 4.69) is 48.2 Å². The summed E-state index contributed by atoms with van der Waals surface area (Å²) < 4.78 is 8.17. The van der Waals surface area contributed by atoms with Gasteiger partial charge in [-0.05, 0) is 87.7 Å². The van der Waals surface area contributed by atoms with E-state index >= 15 is 0 Å². The van der Waals surface area contributed by atoms with E-state index in [9.17, 15) is 4.79 Å². The molecule has 1 aliphatic heterocycles. The summed E-state index contributed by atoms with van der Waals surface area (Å²) in [5, 5.41) is 9.08. The van der Waals surface area contributed by atoms with Gasteiger partial charge in [-0.1, -0.05) is 36.8 Å². The summed E-state index contributed by atoms with van der Waals surface area (Å²) in [6.45, 7) is 10.6. The van der Waals surface area contributed by atoms with Crippen LogP contribution < -0.4 is 4.52 Å². The minimum Gasteiger partial charge on any atom is -0.455 e. The van der Waals surface area contributed by atoms with E-state index in [1.165, 1.54) is 18.4 Å². The third-order valence-corrected chi connectivity index (χ3v) is 8.19. The highest BCUT2D eigenvalue weighted by molar-refractivity contribution is 5.90. The molecule has 1 aliphatic carbocycles. The molecule has 8 heteroatoms. The van der Waals surface area contributed by atoms with Gasteiger partial charge in [0.25, 0.3) is 0 Å². The SMILES string of the molecule is CCc1cc(CC[C@]2(C3CCCC3)CC(C)=C(Cn3nc4nc(C)cc(C)[n+]4n3)C(=O)O2)cc(CC)n1. The summed E-state index contributed by atoms with van der Waals surface area (Å²) in [5.74, 6) is 0.721. The number of carbonyl (C=O) groups excluding carboxylic acids is 1. The first-order valence-corrected chi connectivity index (χ1v) is 13.8. The largest absolute Gasteiger partial charge is 0.455 e. The van der Waals surface area contributed by atoms with E-state index < -0.39 is 5.60 Å². The molecule has 1 saturated carbocycles. The smallest absolute Gasteiger partial charge is 0.439 e. The number of pyridine rings is 1. The predicted molar refractivity (Wildman–Crippen MR) is 140 cm³/mol. The highest BCUT2D eigenvalue weighted by atomic mass is 16.6. The fourth-order valence-electron chi connectivity index (χ4n) is 6.18. The monoisotopic (exact) mass is 503 g/mol. The zero-order valence-electron chi connectivity index (χ0n) is 22.9. The van der Waals surface area contributed by atoms with Gasteiger partial charge in [0.2, 0.25) is 0 Å². The third-order valence-electron chi connectivity index (χ3n) is 8.19. The fraction of sp³-hybridized carbons (Fsp3) is 0.586. The maximum atomic E-state index is 13.5. The molecule has 8 nitrogen and oxygen atoms in total. The average Bonchev–Trinajstić information content (AvgIpc) is 3.55. The van der Waals surface area contributed by atoms with Gasteiger partial charge in [0, 0.05) is 29.1 Å². The molecule has 3 aromatic rings. The van der Waals surface area contributed by atoms with Crippen LogP contribution in [0.1, 0.15) is 87.6 Å². The van der Waals surface area contributed by atoms with Crippen LogP contribution in [0.3, 0.4) is 0 Å². The number of aromatic nitrogens is 6. The number of rotatable bonds is 8. The number of carbonyl (C=O) groups is 1. The van der Waals surface area contributed by atoms with Crippen LogP contribution in [-0.4, -0.2) is 36.6 Å². The Morgan fingerprint density at radius 2 is 1.76 bits per heavy atom. The summed E-state index contributed by atoms with van der Waals surface area (Å²) in [6.07, 6.45) is 9.03. The number of hydrogen-bond acceptors (Lipinski definition) is 6. The molecule has 37 heavy (non-hydrogen) atoms. The van der Waals surface area contributed by atoms with Crippen molar-refractivity contribution >= 4 is 11.7 Å². The minimum absolute atomic E-state index is 0.221. The van der Waals surface area contributed by atoms with E-state index in [0.717, 1.165) is 73.3 Å². The molecule has 0 N–H and O–H groups in total. The number of aryl methyl sites for hydroxylation is 5. The van der Waals surface area contributed by atoms with Gasteiger partial charge in [0.1, 0.15) is 17.8 Å². The minimum atomic E-state index is -0.449. The molecule has 0 spiro atoms. The number of nitrogens with zero attached hydrogens (tertiary/aromatic N) is 6. The summed E-state index contributed by atoms with van der Waals surface area (Å²) in [6, 6.07) is 6.42. The van der Waals surface area contributed by atoms with Crippen LogP contribution in [0.2, 0.25) is 0 Å². The predicted octanol–water partition coefficient (Wildman–Crippen LogP) is 4.37. The van der Waals surface area contributed by atoms with E-state index in [0.29, 0.717) is 17.3 Å². The maximum absolute atomic E-state index is 13.5. The second kappa shape index (κ2) is 10.3. The van der Waals surface area contributed by atoms with Crippen molar-refractivity contribution in [1.29, 1.82) is 0 Å². The topological polar surface area (TPSA) is 86.9 Å². The number of fused-ring (bicyclic) bond motifs is 1. The molecular weight excluding hydrogens is 464 g/mol. The lowest BCUT2D eigenvalue weighted by Crippen LogP contribution is -2.46. The second-order valence-electron chi connectivity index (χ2n) is 10.9. The van der Waals surface area contributed by atoms with Crippen LogP contribution >= 0.6 is 0 Å². The summed E-state index contributed by atoms with van der Waals surface area (Å²) in [7, 11) is 0. The molecule has 2 aliphatic rings. The van der Waals surface area contributed by atoms with Crippen molar-refractivity contribution in [3.8, 4) is 0 Å². The van der Waals surface area contributed by atoms with Gasteiger partial charge in [0.15, 0.2) is 0 Å². The molecule has 0 amide bonds. The van der Waals surface area contributed by atoms with Gasteiger partial charge >= 0.3 is 11.7 Å². The molecule has 4 heterocycles. The Labute approximate surface area is 219 Å². The molecule has 0 bridgehead atoms. The van der Waals surface area contributed by atoms with Crippen molar-refractivity contribution in [3.63, 3.8) is 0 Å². The van der Waals surface area contributed by atoms with Crippen molar-refractivity contribution in [2.24, 2.45) is 5.92 Å². The van der Waals surface area contributed by atoms with Gasteiger partial charge in [0.05, 0.1) is 16.4 Å². The maximum Gasteiger partial charge on any atom is 0.439 e. The van der Waals surface area contributed by atoms with Gasteiger partial charge in [-0.3, -0.25) is 4.98 Å². The first kappa shape index (κ1) is 25.5. The van der Waals surface area contributed by atoms with Crippen LogP contribution in [-0.2, 0) is 35.3 Å². The van der Waals surface area contributed by atoms with E-state index in [4.69, 9.17) is 9.72 Å². The van der Waals surface area contributed by atoms with E-state index in [1.54, 1.807) is 9.31 Å². The van der Waals surface area contributed by atoms with Crippen LogP contribution in [0.15, 0.2) is 29.3 Å². The van der Waals surface area contributed by atoms with Gasteiger partial charge in [-0.25, -0.2) is 4.79 Å². The Balaban J connectivity index is 1.41. The lowest BCUT2D eigenvalue weighted by molar-refractivity contribution is -0.593. The average molecular weight is 504 g/mol. The standard InChI is InChI=1S/C29H39N6O2/c1-6-24-15-22(16-25(7-2)31-24)12-13-29(23-10-8-9-11-23)17-19(3)26(27(36)37-29)18-34-32-28-30-20(4)14-21(5)35(28)33-34/h14-16,23H,6-13,17-18H2,1-5H3/q+1/t29-/m1/s1. The van der Waals surface area contributed by atoms with Crippen molar-refractivity contribution in [2.45, 2.75) is 105 Å². The quantitative estimate of drug-likeness (QED) is 0.335. The summed E-state index contributed by atoms with van der Waals surface area (Å²) in [4.78, 5) is 24.3. The Morgan fingerprint density at radius 1 is 1.05 bits per heavy atom. The molecule has 0 unspecified atom stereocenters. The number of hydrogen-bond donors (Lipinski definition) is 0. The highest BCUT2D eigenvalue weighted by Crippen LogP contribution is 2.46. The van der Waals surface area contributed by atoms with Crippen LogP contribution in [0.4, 0.5) is 0 Å². The molecule has 0 saturated heterocycles. The molecule has 196 valence electrons. The molecule has 0 aromatic carbocycles. The molecule has 3 aromatic heterocycles. The Bertz CT molecular complexity index is 1330.